The number of sulfone groups is 1. The van der Waals surface area contributed by atoms with Crippen molar-refractivity contribution in [2.45, 2.75) is 35.5 Å². The predicted octanol–water partition coefficient (Wildman–Crippen LogP) is 2.23. The number of hydrogen-bond acceptors (Lipinski definition) is 5. The average molecular weight is 375 g/mol. The number of nitrogens with zero attached hydrogens (tertiary/aromatic N) is 1. The smallest absolute Gasteiger partial charge is 0.182 e. The summed E-state index contributed by atoms with van der Waals surface area (Å²) < 4.78 is 25.4. The van der Waals surface area contributed by atoms with E-state index in [4.69, 9.17) is 0 Å². The number of aryl methyl sites for hydroxylation is 1. The molecule has 0 amide bonds. The van der Waals surface area contributed by atoms with Gasteiger partial charge in [-0.15, -0.1) is 0 Å². The number of phenolic OH excluding ortho intramolecular Hbond substituents is 1. The van der Waals surface area contributed by atoms with Gasteiger partial charge in [0.25, 0.3) is 0 Å². The van der Waals surface area contributed by atoms with E-state index < -0.39 is 21.2 Å². The molecule has 0 aromatic heterocycles. The van der Waals surface area contributed by atoms with Gasteiger partial charge >= 0.3 is 0 Å². The first-order chi connectivity index (χ1) is 12.4. The van der Waals surface area contributed by atoms with Gasteiger partial charge < -0.3 is 10.2 Å². The van der Waals surface area contributed by atoms with Crippen LogP contribution in [-0.4, -0.2) is 54.5 Å². The second-order valence-corrected chi connectivity index (χ2v) is 9.12. The van der Waals surface area contributed by atoms with Crippen LogP contribution in [0.5, 0.6) is 5.75 Å². The van der Waals surface area contributed by atoms with E-state index in [-0.39, 0.29) is 10.6 Å². The fraction of sp³-hybridized carbons (Fsp3) is 0.400. The molecule has 1 fully saturated rings. The number of β-amino-alcohol motifs (C(OH)–C–C–N with tert-alkyl or cyclic N) is 1. The van der Waals surface area contributed by atoms with E-state index in [0.717, 1.165) is 6.42 Å². The molecule has 6 heteroatoms. The fourth-order valence-corrected chi connectivity index (χ4v) is 5.13. The van der Waals surface area contributed by atoms with Gasteiger partial charge in [0, 0.05) is 13.1 Å². The highest BCUT2D eigenvalue weighted by Gasteiger charge is 2.34. The summed E-state index contributed by atoms with van der Waals surface area (Å²) >= 11 is 0. The SMILES string of the molecule is O=S(=O)(c1ccc(O)cc1)[C@H]1CCN(C[C@H](O)CCc2ccccc2)C1. The van der Waals surface area contributed by atoms with E-state index in [9.17, 15) is 18.6 Å². The molecule has 0 aliphatic carbocycles. The molecule has 1 aliphatic heterocycles. The van der Waals surface area contributed by atoms with E-state index in [0.29, 0.717) is 32.5 Å². The number of likely N-dealkylation sites (tertiary alicyclic amines) is 1. The van der Waals surface area contributed by atoms with E-state index in [2.05, 4.69) is 0 Å². The monoisotopic (exact) mass is 375 g/mol. The van der Waals surface area contributed by atoms with Crippen LogP contribution in [0.3, 0.4) is 0 Å². The van der Waals surface area contributed by atoms with Gasteiger partial charge in [0.1, 0.15) is 5.75 Å². The van der Waals surface area contributed by atoms with E-state index >= 15 is 0 Å². The average Bonchev–Trinajstić information content (AvgIpc) is 3.10. The molecule has 3 rings (SSSR count). The Morgan fingerprint density at radius 3 is 2.46 bits per heavy atom. The van der Waals surface area contributed by atoms with Crippen molar-refractivity contribution in [2.75, 3.05) is 19.6 Å². The van der Waals surface area contributed by atoms with Crippen molar-refractivity contribution in [1.82, 2.24) is 4.90 Å². The quantitative estimate of drug-likeness (QED) is 0.776. The van der Waals surface area contributed by atoms with Crippen molar-refractivity contribution < 1.29 is 18.6 Å². The summed E-state index contributed by atoms with van der Waals surface area (Å²) in [6, 6.07) is 15.7. The van der Waals surface area contributed by atoms with Gasteiger partial charge in [-0.1, -0.05) is 30.3 Å². The molecule has 26 heavy (non-hydrogen) atoms. The van der Waals surface area contributed by atoms with Gasteiger partial charge in [-0.25, -0.2) is 8.42 Å². The Hall–Kier alpha value is -1.89. The maximum atomic E-state index is 12.7. The molecule has 0 radical (unpaired) electrons. The molecule has 140 valence electrons. The van der Waals surface area contributed by atoms with E-state index in [1.807, 2.05) is 35.2 Å². The summed E-state index contributed by atoms with van der Waals surface area (Å²) in [5, 5.41) is 19.2. The lowest BCUT2D eigenvalue weighted by molar-refractivity contribution is 0.117. The summed E-state index contributed by atoms with van der Waals surface area (Å²) in [5.74, 6) is 0.0542. The van der Waals surface area contributed by atoms with Crippen molar-refractivity contribution >= 4 is 9.84 Å². The largest absolute Gasteiger partial charge is 0.508 e. The minimum absolute atomic E-state index is 0.0542. The normalized spacial score (nSPS) is 19.5. The molecule has 2 N–H and O–H groups in total. The summed E-state index contributed by atoms with van der Waals surface area (Å²) in [4.78, 5) is 2.27. The lowest BCUT2D eigenvalue weighted by atomic mass is 10.1. The van der Waals surface area contributed by atoms with Gasteiger partial charge in [0.05, 0.1) is 16.2 Å². The van der Waals surface area contributed by atoms with Crippen LogP contribution in [0.25, 0.3) is 0 Å². The molecule has 0 saturated carbocycles. The Morgan fingerprint density at radius 2 is 1.77 bits per heavy atom. The standard InChI is InChI=1S/C20H25NO4S/c22-17-8-10-19(11-9-17)26(24,25)20-12-13-21(15-20)14-18(23)7-6-16-4-2-1-3-5-16/h1-5,8-11,18,20,22-23H,6-7,12-15H2/t18-,20+/m1/s1. The Kier molecular flexibility index (Phi) is 5.96. The van der Waals surface area contributed by atoms with Gasteiger partial charge in [-0.05, 0) is 55.6 Å². The molecule has 1 aliphatic rings. The molecule has 0 bridgehead atoms. The highest BCUT2D eigenvalue weighted by Crippen LogP contribution is 2.25. The molecule has 0 unspecified atom stereocenters. The number of aliphatic hydroxyl groups excluding tert-OH is 1. The van der Waals surface area contributed by atoms with Crippen LogP contribution in [-0.2, 0) is 16.3 Å². The highest BCUT2D eigenvalue weighted by molar-refractivity contribution is 7.92. The van der Waals surface area contributed by atoms with Crippen LogP contribution >= 0.6 is 0 Å². The Morgan fingerprint density at radius 1 is 1.08 bits per heavy atom. The van der Waals surface area contributed by atoms with Crippen molar-refractivity contribution in [2.24, 2.45) is 0 Å². The Bertz CT molecular complexity index is 805. The van der Waals surface area contributed by atoms with Crippen LogP contribution in [0.2, 0.25) is 0 Å². The number of hydrogen-bond donors (Lipinski definition) is 2. The van der Waals surface area contributed by atoms with Crippen molar-refractivity contribution in [3.05, 3.63) is 60.2 Å². The molecule has 2 atom stereocenters. The molecule has 2 aromatic carbocycles. The summed E-state index contributed by atoms with van der Waals surface area (Å²) in [6.07, 6.45) is 1.57. The van der Waals surface area contributed by atoms with Crippen LogP contribution in [0.1, 0.15) is 18.4 Å². The zero-order valence-electron chi connectivity index (χ0n) is 14.7. The lowest BCUT2D eigenvalue weighted by Crippen LogP contribution is -2.33. The summed E-state index contributed by atoms with van der Waals surface area (Å²) in [5.41, 5.74) is 1.20. The maximum absolute atomic E-state index is 12.7. The number of benzene rings is 2. The fourth-order valence-electron chi connectivity index (χ4n) is 3.41. The number of rotatable bonds is 7. The minimum Gasteiger partial charge on any atom is -0.508 e. The van der Waals surface area contributed by atoms with Crippen LogP contribution in [0.15, 0.2) is 59.5 Å². The Labute approximate surface area is 154 Å². The third-order valence-corrected chi connectivity index (χ3v) is 7.10. The molecule has 1 saturated heterocycles. The van der Waals surface area contributed by atoms with E-state index in [1.54, 1.807) is 0 Å². The van der Waals surface area contributed by atoms with Gasteiger partial charge in [0.15, 0.2) is 9.84 Å². The second kappa shape index (κ2) is 8.20. The van der Waals surface area contributed by atoms with Crippen LogP contribution < -0.4 is 0 Å². The topological polar surface area (TPSA) is 77.8 Å². The minimum atomic E-state index is -3.41. The first-order valence-electron chi connectivity index (χ1n) is 8.92. The van der Waals surface area contributed by atoms with Crippen LogP contribution in [0.4, 0.5) is 0 Å². The third-order valence-electron chi connectivity index (χ3n) is 4.91. The van der Waals surface area contributed by atoms with E-state index in [1.165, 1.54) is 29.8 Å². The number of aliphatic hydroxyl groups is 1. The zero-order valence-corrected chi connectivity index (χ0v) is 15.5. The zero-order chi connectivity index (χ0) is 18.6. The van der Waals surface area contributed by atoms with Gasteiger partial charge in [0.2, 0.25) is 0 Å². The summed E-state index contributed by atoms with van der Waals surface area (Å²) in [6.45, 7) is 1.60. The first-order valence-corrected chi connectivity index (χ1v) is 10.5. The molecule has 2 aromatic rings. The predicted molar refractivity (Wildman–Crippen MR) is 101 cm³/mol. The third kappa shape index (κ3) is 4.63. The highest BCUT2D eigenvalue weighted by atomic mass is 32.2. The van der Waals surface area contributed by atoms with Crippen molar-refractivity contribution in [3.8, 4) is 5.75 Å². The Balaban J connectivity index is 1.52. The number of phenols is 1. The van der Waals surface area contributed by atoms with Crippen LogP contribution in [0, 0.1) is 0 Å². The first kappa shape index (κ1) is 18.9. The molecule has 0 spiro atoms. The maximum Gasteiger partial charge on any atom is 0.182 e. The van der Waals surface area contributed by atoms with Crippen molar-refractivity contribution in [3.63, 3.8) is 0 Å². The van der Waals surface area contributed by atoms with Gasteiger partial charge in [-0.2, -0.15) is 0 Å². The van der Waals surface area contributed by atoms with Gasteiger partial charge in [-0.3, -0.25) is 4.90 Å². The molecule has 5 nitrogen and oxygen atoms in total. The lowest BCUT2D eigenvalue weighted by Gasteiger charge is -2.20. The molecular formula is C20H25NO4S. The van der Waals surface area contributed by atoms with Crippen molar-refractivity contribution in [1.29, 1.82) is 0 Å². The molecule has 1 heterocycles. The second-order valence-electron chi connectivity index (χ2n) is 6.89. The summed E-state index contributed by atoms with van der Waals surface area (Å²) in [7, 11) is -3.41. The number of aromatic hydroxyl groups is 1. The molecular weight excluding hydrogens is 350 g/mol.